The number of carbonyl (C=O) groups is 2. The van der Waals surface area contributed by atoms with E-state index in [0.29, 0.717) is 18.9 Å². The van der Waals surface area contributed by atoms with Gasteiger partial charge in [-0.05, 0) is 37.8 Å². The van der Waals surface area contributed by atoms with Crippen molar-refractivity contribution in [3.63, 3.8) is 0 Å². The maximum atomic E-state index is 12.4. The van der Waals surface area contributed by atoms with Crippen LogP contribution < -0.4 is 5.32 Å². The van der Waals surface area contributed by atoms with Gasteiger partial charge in [0.25, 0.3) is 0 Å². The van der Waals surface area contributed by atoms with Gasteiger partial charge in [0.15, 0.2) is 0 Å². The zero-order chi connectivity index (χ0) is 14.9. The molecule has 2 heterocycles. The first-order valence-corrected chi connectivity index (χ1v) is 7.82. The number of hydrogen-bond acceptors (Lipinski definition) is 3. The quantitative estimate of drug-likeness (QED) is 0.926. The minimum atomic E-state index is -0.363. The third-order valence-corrected chi connectivity index (χ3v) is 4.69. The molecule has 0 aromatic carbocycles. The lowest BCUT2D eigenvalue weighted by molar-refractivity contribution is -0.145. The molecule has 110 valence electrons. The van der Waals surface area contributed by atoms with Gasteiger partial charge in [0.2, 0.25) is 11.8 Å². The van der Waals surface area contributed by atoms with E-state index in [2.05, 4.69) is 39.1 Å². The minimum absolute atomic E-state index is 0.0435. The lowest BCUT2D eigenvalue weighted by atomic mass is 10.0. The molecule has 0 bridgehead atoms. The highest BCUT2D eigenvalue weighted by Gasteiger charge is 2.33. The van der Waals surface area contributed by atoms with Crippen LogP contribution in [0.4, 0.5) is 0 Å². The Balaban J connectivity index is 2.09. The molecule has 4 nitrogen and oxygen atoms in total. The number of nitrogens with one attached hydrogen (secondary N) is 1. The first-order valence-electron chi connectivity index (χ1n) is 7.01. The molecule has 1 aromatic rings. The molecule has 0 aliphatic carbocycles. The number of hydrogen-bond donors (Lipinski definition) is 1. The topological polar surface area (TPSA) is 49.4 Å². The summed E-state index contributed by atoms with van der Waals surface area (Å²) in [6.07, 6.45) is 0.698. The van der Waals surface area contributed by atoms with Gasteiger partial charge in [-0.15, -0.1) is 11.3 Å². The summed E-state index contributed by atoms with van der Waals surface area (Å²) in [6.45, 7) is 8.98. The van der Waals surface area contributed by atoms with E-state index in [1.54, 1.807) is 16.2 Å². The molecule has 0 saturated carbocycles. The van der Waals surface area contributed by atoms with Crippen LogP contribution in [0.1, 0.15) is 35.6 Å². The van der Waals surface area contributed by atoms with E-state index >= 15 is 0 Å². The number of amides is 2. The highest BCUT2D eigenvalue weighted by molar-refractivity contribution is 7.12. The average Bonchev–Trinajstić information content (AvgIpc) is 2.63. The van der Waals surface area contributed by atoms with Crippen molar-refractivity contribution in [2.45, 2.75) is 46.7 Å². The molecule has 20 heavy (non-hydrogen) atoms. The predicted octanol–water partition coefficient (Wildman–Crippen LogP) is 2.24. The summed E-state index contributed by atoms with van der Waals surface area (Å²) in [4.78, 5) is 28.3. The lowest BCUT2D eigenvalue weighted by Gasteiger charge is -2.33. The molecule has 0 radical (unpaired) electrons. The van der Waals surface area contributed by atoms with E-state index in [9.17, 15) is 9.59 Å². The summed E-state index contributed by atoms with van der Waals surface area (Å²) in [5, 5.41) is 2.80. The molecule has 2 amide bonds. The zero-order valence-electron chi connectivity index (χ0n) is 12.5. The Morgan fingerprint density at radius 3 is 2.65 bits per heavy atom. The summed E-state index contributed by atoms with van der Waals surface area (Å²) < 4.78 is 0. The van der Waals surface area contributed by atoms with Gasteiger partial charge < -0.3 is 10.2 Å². The van der Waals surface area contributed by atoms with Gasteiger partial charge >= 0.3 is 0 Å². The van der Waals surface area contributed by atoms with E-state index in [1.807, 2.05) is 0 Å². The molecule has 2 rings (SSSR count). The van der Waals surface area contributed by atoms with Gasteiger partial charge in [-0.3, -0.25) is 9.59 Å². The minimum Gasteiger partial charge on any atom is -0.343 e. The standard InChI is InChI=1S/C15H22N2O2S/c1-9(2)5-13-15(19)17(8-14(18)16-13)7-12-6-10(3)11(4)20-12/h6,9,13H,5,7-8H2,1-4H3,(H,16,18). The summed E-state index contributed by atoms with van der Waals surface area (Å²) in [6, 6.07) is 1.75. The highest BCUT2D eigenvalue weighted by Crippen LogP contribution is 2.23. The second-order valence-electron chi connectivity index (χ2n) is 5.90. The van der Waals surface area contributed by atoms with E-state index in [1.165, 1.54) is 10.4 Å². The van der Waals surface area contributed by atoms with Crippen LogP contribution in [0.2, 0.25) is 0 Å². The Labute approximate surface area is 124 Å². The second kappa shape index (κ2) is 5.95. The van der Waals surface area contributed by atoms with Gasteiger partial charge in [-0.2, -0.15) is 0 Å². The molecule has 1 N–H and O–H groups in total. The van der Waals surface area contributed by atoms with Crippen molar-refractivity contribution < 1.29 is 9.59 Å². The Morgan fingerprint density at radius 2 is 2.10 bits per heavy atom. The van der Waals surface area contributed by atoms with E-state index < -0.39 is 0 Å². The highest BCUT2D eigenvalue weighted by atomic mass is 32.1. The molecule has 1 aliphatic heterocycles. The molecule has 0 spiro atoms. The van der Waals surface area contributed by atoms with Gasteiger partial charge in [-0.1, -0.05) is 13.8 Å². The molecule has 1 aliphatic rings. The van der Waals surface area contributed by atoms with Crippen molar-refractivity contribution in [1.82, 2.24) is 10.2 Å². The fourth-order valence-electron chi connectivity index (χ4n) is 2.45. The smallest absolute Gasteiger partial charge is 0.245 e. The second-order valence-corrected chi connectivity index (χ2v) is 7.24. The van der Waals surface area contributed by atoms with Crippen molar-refractivity contribution in [2.24, 2.45) is 5.92 Å². The van der Waals surface area contributed by atoms with Crippen LogP contribution in [0.3, 0.4) is 0 Å². The lowest BCUT2D eigenvalue weighted by Crippen LogP contribution is -2.57. The molecule has 1 aromatic heterocycles. The van der Waals surface area contributed by atoms with Crippen LogP contribution >= 0.6 is 11.3 Å². The fraction of sp³-hybridized carbons (Fsp3) is 0.600. The molecule has 5 heteroatoms. The van der Waals surface area contributed by atoms with Crippen LogP contribution in [-0.2, 0) is 16.1 Å². The summed E-state index contributed by atoms with van der Waals surface area (Å²) in [7, 11) is 0. The number of piperazine rings is 1. The van der Waals surface area contributed by atoms with Gasteiger partial charge in [0.05, 0.1) is 13.1 Å². The molecular formula is C15H22N2O2S. The summed E-state index contributed by atoms with van der Waals surface area (Å²) in [5.74, 6) is 0.373. The fourth-order valence-corrected chi connectivity index (χ4v) is 3.52. The predicted molar refractivity (Wildman–Crippen MR) is 80.6 cm³/mol. The Kier molecular flexibility index (Phi) is 4.48. The largest absolute Gasteiger partial charge is 0.343 e. The first-order chi connectivity index (χ1) is 9.36. The van der Waals surface area contributed by atoms with Crippen molar-refractivity contribution >= 4 is 23.2 Å². The maximum absolute atomic E-state index is 12.4. The maximum Gasteiger partial charge on any atom is 0.245 e. The van der Waals surface area contributed by atoms with Crippen LogP contribution in [0.15, 0.2) is 6.07 Å². The number of thiophene rings is 1. The van der Waals surface area contributed by atoms with Gasteiger partial charge in [0.1, 0.15) is 6.04 Å². The van der Waals surface area contributed by atoms with E-state index in [4.69, 9.17) is 0 Å². The van der Waals surface area contributed by atoms with Crippen LogP contribution in [0.25, 0.3) is 0 Å². The number of nitrogens with zero attached hydrogens (tertiary/aromatic N) is 1. The van der Waals surface area contributed by atoms with Crippen molar-refractivity contribution in [1.29, 1.82) is 0 Å². The van der Waals surface area contributed by atoms with Crippen LogP contribution in [-0.4, -0.2) is 29.3 Å². The Bertz CT molecular complexity index is 502. The van der Waals surface area contributed by atoms with Crippen molar-refractivity contribution in [3.8, 4) is 0 Å². The van der Waals surface area contributed by atoms with Crippen molar-refractivity contribution in [3.05, 3.63) is 21.4 Å². The number of rotatable bonds is 4. The zero-order valence-corrected chi connectivity index (χ0v) is 13.3. The average molecular weight is 294 g/mol. The number of carbonyl (C=O) groups excluding carboxylic acids is 2. The third kappa shape index (κ3) is 3.39. The molecule has 1 atom stereocenters. The normalized spacial score (nSPS) is 19.6. The molecular weight excluding hydrogens is 272 g/mol. The summed E-state index contributed by atoms with van der Waals surface area (Å²) in [5.41, 5.74) is 1.25. The van der Waals surface area contributed by atoms with E-state index in [-0.39, 0.29) is 24.4 Å². The Hall–Kier alpha value is -1.36. The monoisotopic (exact) mass is 294 g/mol. The van der Waals surface area contributed by atoms with Gasteiger partial charge in [0, 0.05) is 9.75 Å². The van der Waals surface area contributed by atoms with E-state index in [0.717, 1.165) is 4.88 Å². The molecule has 1 saturated heterocycles. The molecule has 1 fully saturated rings. The van der Waals surface area contributed by atoms with Crippen LogP contribution in [0.5, 0.6) is 0 Å². The van der Waals surface area contributed by atoms with Crippen molar-refractivity contribution in [2.75, 3.05) is 6.54 Å². The van der Waals surface area contributed by atoms with Crippen LogP contribution in [0, 0.1) is 19.8 Å². The van der Waals surface area contributed by atoms with Gasteiger partial charge in [-0.25, -0.2) is 0 Å². The third-order valence-electron chi connectivity index (χ3n) is 3.55. The molecule has 1 unspecified atom stereocenters. The summed E-state index contributed by atoms with van der Waals surface area (Å²) >= 11 is 1.70. The number of aryl methyl sites for hydroxylation is 2. The SMILES string of the molecule is Cc1cc(CN2CC(=O)NC(CC(C)C)C2=O)sc1C. The Morgan fingerprint density at radius 1 is 1.40 bits per heavy atom. The first kappa shape index (κ1) is 15.0.